The topological polar surface area (TPSA) is 38.8 Å². The van der Waals surface area contributed by atoms with Gasteiger partial charge < -0.3 is 14.4 Å². The highest BCUT2D eigenvalue weighted by Gasteiger charge is 2.28. The number of alkyl halides is 1. The number of ether oxygens (including phenoxy) is 2. The van der Waals surface area contributed by atoms with Gasteiger partial charge >= 0.3 is 0 Å². The highest BCUT2D eigenvalue weighted by molar-refractivity contribution is 9.10. The Morgan fingerprint density at radius 1 is 1.43 bits per heavy atom. The first-order chi connectivity index (χ1) is 10.1. The molecule has 1 aromatic carbocycles. The molecule has 1 amide bonds. The van der Waals surface area contributed by atoms with E-state index in [1.165, 1.54) is 0 Å². The molecule has 0 saturated heterocycles. The fourth-order valence-corrected chi connectivity index (χ4v) is 3.21. The monoisotopic (exact) mass is 417 g/mol. The quantitative estimate of drug-likeness (QED) is 0.539. The SMILES string of the molecule is CCN1C(=O)C(Br)CC=C1c1ccc(OCOC)cc1Br. The van der Waals surface area contributed by atoms with Gasteiger partial charge in [-0.3, -0.25) is 4.79 Å². The standard InChI is InChI=1S/C15H17Br2NO3/c1-3-18-14(7-6-12(16)15(18)19)11-5-4-10(8-13(11)17)21-9-20-2/h4-5,7-8,12H,3,6,9H2,1-2H3. The third-order valence-electron chi connectivity index (χ3n) is 3.22. The highest BCUT2D eigenvalue weighted by Crippen LogP contribution is 2.34. The molecular weight excluding hydrogens is 402 g/mol. The summed E-state index contributed by atoms with van der Waals surface area (Å²) in [4.78, 5) is 13.9. The fraction of sp³-hybridized carbons (Fsp3) is 0.400. The van der Waals surface area contributed by atoms with Crippen molar-refractivity contribution in [3.63, 3.8) is 0 Å². The van der Waals surface area contributed by atoms with Crippen molar-refractivity contribution < 1.29 is 14.3 Å². The lowest BCUT2D eigenvalue weighted by molar-refractivity contribution is -0.127. The fourth-order valence-electron chi connectivity index (χ4n) is 2.22. The molecule has 0 saturated carbocycles. The highest BCUT2D eigenvalue weighted by atomic mass is 79.9. The van der Waals surface area contributed by atoms with Crippen LogP contribution in [0.25, 0.3) is 5.70 Å². The smallest absolute Gasteiger partial charge is 0.241 e. The van der Waals surface area contributed by atoms with Crippen LogP contribution in [0.2, 0.25) is 0 Å². The maximum Gasteiger partial charge on any atom is 0.241 e. The Hall–Kier alpha value is -0.850. The first-order valence-electron chi connectivity index (χ1n) is 6.65. The van der Waals surface area contributed by atoms with Crippen molar-refractivity contribution in [2.45, 2.75) is 18.2 Å². The molecule has 4 nitrogen and oxygen atoms in total. The molecule has 2 rings (SSSR count). The van der Waals surface area contributed by atoms with Crippen LogP contribution in [-0.4, -0.2) is 36.1 Å². The van der Waals surface area contributed by atoms with E-state index in [1.54, 1.807) is 12.0 Å². The lowest BCUT2D eigenvalue weighted by Gasteiger charge is -2.31. The zero-order valence-electron chi connectivity index (χ0n) is 11.9. The van der Waals surface area contributed by atoms with Gasteiger partial charge in [0.25, 0.3) is 0 Å². The molecule has 6 heteroatoms. The van der Waals surface area contributed by atoms with Gasteiger partial charge in [-0.15, -0.1) is 0 Å². The van der Waals surface area contributed by atoms with Crippen LogP contribution in [0.5, 0.6) is 5.75 Å². The van der Waals surface area contributed by atoms with Crippen molar-refractivity contribution in [2.24, 2.45) is 0 Å². The van der Waals surface area contributed by atoms with E-state index in [-0.39, 0.29) is 17.5 Å². The molecule has 1 unspecified atom stereocenters. The maximum atomic E-state index is 12.2. The average Bonchev–Trinajstić information content (AvgIpc) is 2.48. The number of hydrogen-bond donors (Lipinski definition) is 0. The first kappa shape index (κ1) is 16.5. The van der Waals surface area contributed by atoms with E-state index in [0.29, 0.717) is 13.0 Å². The van der Waals surface area contributed by atoms with E-state index in [9.17, 15) is 4.79 Å². The van der Waals surface area contributed by atoms with E-state index < -0.39 is 0 Å². The third kappa shape index (κ3) is 3.67. The van der Waals surface area contributed by atoms with Gasteiger partial charge in [0.1, 0.15) is 5.75 Å². The Balaban J connectivity index is 2.30. The second-order valence-electron chi connectivity index (χ2n) is 4.57. The number of rotatable bonds is 5. The van der Waals surface area contributed by atoms with Crippen LogP contribution in [-0.2, 0) is 9.53 Å². The molecular formula is C15H17Br2NO3. The van der Waals surface area contributed by atoms with Gasteiger partial charge in [-0.1, -0.05) is 22.0 Å². The van der Waals surface area contributed by atoms with Gasteiger partial charge in [0.2, 0.25) is 5.91 Å². The van der Waals surface area contributed by atoms with Gasteiger partial charge in [-0.25, -0.2) is 0 Å². The number of hydrogen-bond acceptors (Lipinski definition) is 3. The molecule has 114 valence electrons. The molecule has 0 fully saturated rings. The molecule has 0 bridgehead atoms. The van der Waals surface area contributed by atoms with Gasteiger partial charge in [-0.05, 0) is 47.5 Å². The number of nitrogens with zero attached hydrogens (tertiary/aromatic N) is 1. The summed E-state index contributed by atoms with van der Waals surface area (Å²) in [5.41, 5.74) is 1.91. The summed E-state index contributed by atoms with van der Waals surface area (Å²) in [7, 11) is 1.58. The average molecular weight is 419 g/mol. The summed E-state index contributed by atoms with van der Waals surface area (Å²) in [6.07, 6.45) is 2.78. The molecule has 0 radical (unpaired) electrons. The number of benzene rings is 1. The Bertz CT molecular complexity index is 560. The van der Waals surface area contributed by atoms with Gasteiger partial charge in [0.15, 0.2) is 6.79 Å². The van der Waals surface area contributed by atoms with Crippen molar-refractivity contribution in [1.82, 2.24) is 4.90 Å². The van der Waals surface area contributed by atoms with E-state index in [4.69, 9.17) is 9.47 Å². The molecule has 1 aliphatic rings. The summed E-state index contributed by atoms with van der Waals surface area (Å²) < 4.78 is 11.2. The second-order valence-corrected chi connectivity index (χ2v) is 6.53. The van der Waals surface area contributed by atoms with E-state index in [1.807, 2.05) is 25.1 Å². The minimum absolute atomic E-state index is 0.0987. The van der Waals surface area contributed by atoms with Gasteiger partial charge in [-0.2, -0.15) is 0 Å². The molecule has 0 aliphatic carbocycles. The Kier molecular flexibility index (Phi) is 5.84. The largest absolute Gasteiger partial charge is 0.468 e. The zero-order valence-corrected chi connectivity index (χ0v) is 15.1. The first-order valence-corrected chi connectivity index (χ1v) is 8.36. The normalized spacial score (nSPS) is 18.7. The third-order valence-corrected chi connectivity index (χ3v) is 4.64. The minimum atomic E-state index is -0.135. The lowest BCUT2D eigenvalue weighted by Crippen LogP contribution is -2.38. The Morgan fingerprint density at radius 2 is 2.19 bits per heavy atom. The van der Waals surface area contributed by atoms with Crippen LogP contribution < -0.4 is 4.74 Å². The molecule has 1 atom stereocenters. The Labute approximate surface area is 141 Å². The number of amides is 1. The number of methoxy groups -OCH3 is 1. The van der Waals surface area contributed by atoms with Crippen LogP contribution in [0.15, 0.2) is 28.7 Å². The van der Waals surface area contributed by atoms with E-state index >= 15 is 0 Å². The molecule has 0 N–H and O–H groups in total. The maximum absolute atomic E-state index is 12.2. The minimum Gasteiger partial charge on any atom is -0.468 e. The molecule has 0 aromatic heterocycles. The molecule has 1 aliphatic heterocycles. The lowest BCUT2D eigenvalue weighted by atomic mass is 10.0. The summed E-state index contributed by atoms with van der Waals surface area (Å²) in [5.74, 6) is 0.818. The van der Waals surface area contributed by atoms with E-state index in [2.05, 4.69) is 37.9 Å². The van der Waals surface area contributed by atoms with Crippen LogP contribution in [0.4, 0.5) is 0 Å². The van der Waals surface area contributed by atoms with Crippen molar-refractivity contribution in [3.8, 4) is 5.75 Å². The van der Waals surface area contributed by atoms with Crippen LogP contribution in [0.1, 0.15) is 18.9 Å². The van der Waals surface area contributed by atoms with E-state index in [0.717, 1.165) is 21.5 Å². The number of carbonyl (C=O) groups is 1. The number of halogens is 2. The summed E-state index contributed by atoms with van der Waals surface area (Å²) in [5, 5.41) is 0. The van der Waals surface area contributed by atoms with Crippen molar-refractivity contribution >= 4 is 43.5 Å². The zero-order chi connectivity index (χ0) is 15.4. The second kappa shape index (κ2) is 7.42. The summed E-state index contributed by atoms with van der Waals surface area (Å²) in [6.45, 7) is 2.82. The van der Waals surface area contributed by atoms with Gasteiger partial charge in [0.05, 0.1) is 4.83 Å². The van der Waals surface area contributed by atoms with Crippen molar-refractivity contribution in [2.75, 3.05) is 20.4 Å². The Morgan fingerprint density at radius 3 is 2.81 bits per heavy atom. The van der Waals surface area contributed by atoms with Crippen LogP contribution in [0, 0.1) is 0 Å². The predicted octanol–water partition coefficient (Wildman–Crippen LogP) is 3.79. The number of allylic oxidation sites excluding steroid dienone is 1. The van der Waals surface area contributed by atoms with Crippen LogP contribution >= 0.6 is 31.9 Å². The molecule has 1 aromatic rings. The molecule has 1 heterocycles. The molecule has 0 spiro atoms. The van der Waals surface area contributed by atoms with Gasteiger partial charge in [0, 0.05) is 29.4 Å². The summed E-state index contributed by atoms with van der Waals surface area (Å²) >= 11 is 6.97. The van der Waals surface area contributed by atoms with Crippen molar-refractivity contribution in [1.29, 1.82) is 0 Å². The van der Waals surface area contributed by atoms with Crippen molar-refractivity contribution in [3.05, 3.63) is 34.3 Å². The van der Waals surface area contributed by atoms with Crippen LogP contribution in [0.3, 0.4) is 0 Å². The molecule has 21 heavy (non-hydrogen) atoms. The predicted molar refractivity (Wildman–Crippen MR) is 89.3 cm³/mol. The number of carbonyl (C=O) groups excluding carboxylic acids is 1. The summed E-state index contributed by atoms with van der Waals surface area (Å²) in [6, 6.07) is 5.71.